The van der Waals surface area contributed by atoms with E-state index in [1.165, 1.54) is 6.07 Å². The zero-order valence-corrected chi connectivity index (χ0v) is 10.2. The molecule has 0 aliphatic heterocycles. The fourth-order valence-electron chi connectivity index (χ4n) is 1.89. The molecule has 0 aliphatic carbocycles. The van der Waals surface area contributed by atoms with Gasteiger partial charge in [-0.05, 0) is 37.1 Å². The number of hydrogen-bond acceptors (Lipinski definition) is 1. The first-order valence-electron chi connectivity index (χ1n) is 5.90. The normalized spacial score (nSPS) is 12.2. The van der Waals surface area contributed by atoms with E-state index in [1.54, 1.807) is 0 Å². The summed E-state index contributed by atoms with van der Waals surface area (Å²) in [6.07, 6.45) is 0.761. The summed E-state index contributed by atoms with van der Waals surface area (Å²) in [4.78, 5) is 0. The number of nitrogens with one attached hydrogen (secondary N) is 1. The van der Waals surface area contributed by atoms with Crippen molar-refractivity contribution in [3.63, 3.8) is 0 Å². The quantitative estimate of drug-likeness (QED) is 0.860. The van der Waals surface area contributed by atoms with Crippen molar-refractivity contribution in [2.24, 2.45) is 0 Å². The van der Waals surface area contributed by atoms with Gasteiger partial charge in [-0.1, -0.05) is 30.3 Å². The zero-order chi connectivity index (χ0) is 13.0. The van der Waals surface area contributed by atoms with Crippen LogP contribution >= 0.6 is 0 Å². The molecule has 1 nitrogen and oxygen atoms in total. The van der Waals surface area contributed by atoms with Crippen LogP contribution in [0.4, 0.5) is 14.5 Å². The molecule has 2 rings (SSSR count). The van der Waals surface area contributed by atoms with Crippen LogP contribution in [-0.2, 0) is 6.42 Å². The predicted molar refractivity (Wildman–Crippen MR) is 69.6 cm³/mol. The van der Waals surface area contributed by atoms with Gasteiger partial charge >= 0.3 is 0 Å². The highest BCUT2D eigenvalue weighted by Gasteiger charge is 2.08. The lowest BCUT2D eigenvalue weighted by atomic mass is 10.1. The fraction of sp³-hybridized carbons (Fsp3) is 0.200. The molecule has 94 valence electrons. The summed E-state index contributed by atoms with van der Waals surface area (Å²) in [7, 11) is 0. The van der Waals surface area contributed by atoms with Crippen molar-refractivity contribution in [1.82, 2.24) is 0 Å². The molecule has 1 N–H and O–H groups in total. The summed E-state index contributed by atoms with van der Waals surface area (Å²) in [5.41, 5.74) is 1.37. The lowest BCUT2D eigenvalue weighted by molar-refractivity contribution is 0.599. The van der Waals surface area contributed by atoms with E-state index in [4.69, 9.17) is 0 Å². The summed E-state index contributed by atoms with van der Waals surface area (Å²) in [6.45, 7) is 1.94. The lowest BCUT2D eigenvalue weighted by Crippen LogP contribution is -2.18. The van der Waals surface area contributed by atoms with Crippen LogP contribution in [0.3, 0.4) is 0 Å². The molecule has 0 saturated carbocycles. The molecule has 0 aromatic heterocycles. The van der Waals surface area contributed by atoms with Gasteiger partial charge in [0.05, 0.1) is 5.69 Å². The van der Waals surface area contributed by atoms with E-state index in [1.807, 2.05) is 37.3 Å². The Morgan fingerprint density at radius 3 is 2.50 bits per heavy atom. The maximum Gasteiger partial charge on any atom is 0.146 e. The summed E-state index contributed by atoms with van der Waals surface area (Å²) < 4.78 is 26.5. The maximum absolute atomic E-state index is 13.4. The van der Waals surface area contributed by atoms with E-state index < -0.39 is 11.6 Å². The average molecular weight is 247 g/mol. The molecule has 1 unspecified atom stereocenters. The molecular weight excluding hydrogens is 232 g/mol. The molecule has 0 fully saturated rings. The Morgan fingerprint density at radius 1 is 1.06 bits per heavy atom. The third-order valence-corrected chi connectivity index (χ3v) is 2.72. The Hall–Kier alpha value is -1.90. The number of halogens is 2. The van der Waals surface area contributed by atoms with Gasteiger partial charge in [0.1, 0.15) is 11.6 Å². The highest BCUT2D eigenvalue weighted by molar-refractivity contribution is 5.45. The van der Waals surface area contributed by atoms with Crippen LogP contribution in [0.25, 0.3) is 0 Å². The van der Waals surface area contributed by atoms with Crippen LogP contribution in [-0.4, -0.2) is 6.04 Å². The minimum absolute atomic E-state index is 0.0312. The third kappa shape index (κ3) is 3.29. The van der Waals surface area contributed by atoms with E-state index >= 15 is 0 Å². The monoisotopic (exact) mass is 247 g/mol. The van der Waals surface area contributed by atoms with Gasteiger partial charge in [0.15, 0.2) is 0 Å². The highest BCUT2D eigenvalue weighted by Crippen LogP contribution is 2.17. The maximum atomic E-state index is 13.4. The summed E-state index contributed by atoms with van der Waals surface area (Å²) in [5.74, 6) is -0.873. The van der Waals surface area contributed by atoms with Crippen LogP contribution in [0, 0.1) is 11.6 Å². The largest absolute Gasteiger partial charge is 0.380 e. The second-order valence-corrected chi connectivity index (χ2v) is 4.36. The minimum Gasteiger partial charge on any atom is -0.380 e. The van der Waals surface area contributed by atoms with Crippen LogP contribution in [0.5, 0.6) is 0 Å². The van der Waals surface area contributed by atoms with E-state index in [0.717, 1.165) is 24.1 Å². The van der Waals surface area contributed by atoms with Crippen LogP contribution in [0.15, 0.2) is 48.5 Å². The SMILES string of the molecule is CC(Cc1ccccc1)Nc1cc(F)ccc1F. The molecule has 0 aliphatic rings. The van der Waals surface area contributed by atoms with Crippen molar-refractivity contribution < 1.29 is 8.78 Å². The Kier molecular flexibility index (Phi) is 3.92. The number of rotatable bonds is 4. The summed E-state index contributed by atoms with van der Waals surface area (Å²) in [6, 6.07) is 13.4. The van der Waals surface area contributed by atoms with Crippen LogP contribution in [0.2, 0.25) is 0 Å². The van der Waals surface area contributed by atoms with Crippen molar-refractivity contribution in [3.05, 3.63) is 65.7 Å². The molecule has 0 amide bonds. The first-order chi connectivity index (χ1) is 8.65. The molecule has 3 heteroatoms. The van der Waals surface area contributed by atoms with Crippen molar-refractivity contribution in [1.29, 1.82) is 0 Å². The van der Waals surface area contributed by atoms with Gasteiger partial charge < -0.3 is 5.32 Å². The highest BCUT2D eigenvalue weighted by atomic mass is 19.1. The lowest BCUT2D eigenvalue weighted by Gasteiger charge is -2.16. The van der Waals surface area contributed by atoms with Crippen molar-refractivity contribution in [3.8, 4) is 0 Å². The average Bonchev–Trinajstić information content (AvgIpc) is 2.35. The van der Waals surface area contributed by atoms with E-state index in [9.17, 15) is 8.78 Å². The zero-order valence-electron chi connectivity index (χ0n) is 10.2. The van der Waals surface area contributed by atoms with Crippen LogP contribution < -0.4 is 5.32 Å². The Balaban J connectivity index is 2.03. The number of anilines is 1. The molecule has 1 atom stereocenters. The van der Waals surface area contributed by atoms with Crippen molar-refractivity contribution in [2.75, 3.05) is 5.32 Å². The summed E-state index contributed by atoms with van der Waals surface area (Å²) >= 11 is 0. The van der Waals surface area contributed by atoms with Crippen molar-refractivity contribution in [2.45, 2.75) is 19.4 Å². The predicted octanol–water partition coefficient (Wildman–Crippen LogP) is 4.01. The van der Waals surface area contributed by atoms with Gasteiger partial charge in [0.25, 0.3) is 0 Å². The molecule has 0 heterocycles. The first-order valence-corrected chi connectivity index (χ1v) is 5.90. The van der Waals surface area contributed by atoms with Crippen LogP contribution in [0.1, 0.15) is 12.5 Å². The van der Waals surface area contributed by atoms with E-state index in [-0.39, 0.29) is 11.7 Å². The second-order valence-electron chi connectivity index (χ2n) is 4.36. The van der Waals surface area contributed by atoms with Gasteiger partial charge in [-0.2, -0.15) is 0 Å². The summed E-state index contributed by atoms with van der Waals surface area (Å²) in [5, 5.41) is 2.98. The van der Waals surface area contributed by atoms with Gasteiger partial charge in [0.2, 0.25) is 0 Å². The molecule has 18 heavy (non-hydrogen) atoms. The molecule has 0 bridgehead atoms. The van der Waals surface area contributed by atoms with Gasteiger partial charge in [-0.25, -0.2) is 8.78 Å². The standard InChI is InChI=1S/C15H15F2N/c1-11(9-12-5-3-2-4-6-12)18-15-10-13(16)7-8-14(15)17/h2-8,10-11,18H,9H2,1H3. The molecule has 0 radical (unpaired) electrons. The number of hydrogen-bond donors (Lipinski definition) is 1. The Morgan fingerprint density at radius 2 is 1.78 bits per heavy atom. The first kappa shape index (κ1) is 12.6. The topological polar surface area (TPSA) is 12.0 Å². The molecular formula is C15H15F2N. The minimum atomic E-state index is -0.439. The van der Waals surface area contributed by atoms with E-state index in [2.05, 4.69) is 5.32 Å². The fourth-order valence-corrected chi connectivity index (χ4v) is 1.89. The number of benzene rings is 2. The van der Waals surface area contributed by atoms with Gasteiger partial charge in [-0.15, -0.1) is 0 Å². The molecule has 0 spiro atoms. The van der Waals surface area contributed by atoms with Crippen molar-refractivity contribution >= 4 is 5.69 Å². The van der Waals surface area contributed by atoms with Gasteiger partial charge in [0, 0.05) is 6.04 Å². The van der Waals surface area contributed by atoms with E-state index in [0.29, 0.717) is 0 Å². The third-order valence-electron chi connectivity index (χ3n) is 2.72. The van der Waals surface area contributed by atoms with Gasteiger partial charge in [-0.3, -0.25) is 0 Å². The molecule has 0 saturated heterocycles. The second kappa shape index (κ2) is 5.63. The smallest absolute Gasteiger partial charge is 0.146 e. The Labute approximate surface area is 105 Å². The molecule has 2 aromatic rings. The Bertz CT molecular complexity index is 511. The molecule has 2 aromatic carbocycles.